The van der Waals surface area contributed by atoms with Gasteiger partial charge in [-0.25, -0.2) is 4.39 Å². The second kappa shape index (κ2) is 4.79. The first-order chi connectivity index (χ1) is 7.02. The van der Waals surface area contributed by atoms with Gasteiger partial charge in [-0.1, -0.05) is 13.8 Å². The molecule has 0 spiro atoms. The van der Waals surface area contributed by atoms with Crippen molar-refractivity contribution < 1.29 is 4.39 Å². The van der Waals surface area contributed by atoms with Crippen LogP contribution in [0.25, 0.3) is 0 Å². The maximum Gasteiger partial charge on any atom is 0.126 e. The molecule has 0 fully saturated rings. The Morgan fingerprint density at radius 2 is 2.07 bits per heavy atom. The summed E-state index contributed by atoms with van der Waals surface area (Å²) in [6, 6.07) is 6.34. The fourth-order valence-corrected chi connectivity index (χ4v) is 1.51. The van der Waals surface area contributed by atoms with Crippen LogP contribution in [0, 0.1) is 23.1 Å². The number of rotatable bonds is 3. The largest absolute Gasteiger partial charge is 0.374 e. The number of nitrogens with zero attached hydrogens (tertiary/aromatic N) is 2. The number of anilines is 1. The molecule has 1 rings (SSSR count). The average Bonchev–Trinajstić information content (AvgIpc) is 2.15. The number of hydrogen-bond acceptors (Lipinski definition) is 2. The Labute approximate surface area is 89.9 Å². The molecule has 0 radical (unpaired) electrons. The predicted octanol–water partition coefficient (Wildman–Crippen LogP) is 2.79. The van der Waals surface area contributed by atoms with Gasteiger partial charge in [-0.3, -0.25) is 0 Å². The average molecular weight is 206 g/mol. The zero-order valence-corrected chi connectivity index (χ0v) is 9.29. The van der Waals surface area contributed by atoms with Gasteiger partial charge in [0.1, 0.15) is 5.82 Å². The highest BCUT2D eigenvalue weighted by molar-refractivity contribution is 5.51. The van der Waals surface area contributed by atoms with Crippen LogP contribution in [0.5, 0.6) is 0 Å². The lowest BCUT2D eigenvalue weighted by Crippen LogP contribution is -2.22. The van der Waals surface area contributed by atoms with E-state index in [1.807, 2.05) is 18.0 Å². The maximum absolute atomic E-state index is 13.1. The van der Waals surface area contributed by atoms with E-state index in [1.54, 1.807) is 6.07 Å². The minimum absolute atomic E-state index is 0.361. The summed E-state index contributed by atoms with van der Waals surface area (Å²) in [7, 11) is 1.90. The lowest BCUT2D eigenvalue weighted by atomic mass is 10.1. The van der Waals surface area contributed by atoms with Gasteiger partial charge < -0.3 is 4.90 Å². The molecule has 0 amide bonds. The molecule has 0 N–H and O–H groups in total. The SMILES string of the molecule is CC(C)CN(C)c1cc(F)cc(C#N)c1. The number of benzene rings is 1. The van der Waals surface area contributed by atoms with Gasteiger partial charge in [-0.2, -0.15) is 5.26 Å². The summed E-state index contributed by atoms with van der Waals surface area (Å²) in [5, 5.41) is 8.71. The third kappa shape index (κ3) is 3.25. The summed E-state index contributed by atoms with van der Waals surface area (Å²) in [5.41, 5.74) is 1.11. The van der Waals surface area contributed by atoms with Crippen molar-refractivity contribution >= 4 is 5.69 Å². The monoisotopic (exact) mass is 206 g/mol. The molecular weight excluding hydrogens is 191 g/mol. The van der Waals surface area contributed by atoms with Crippen molar-refractivity contribution in [1.29, 1.82) is 5.26 Å². The first-order valence-electron chi connectivity index (χ1n) is 4.94. The van der Waals surface area contributed by atoms with Crippen LogP contribution in [-0.2, 0) is 0 Å². The molecule has 80 valence electrons. The first kappa shape index (κ1) is 11.5. The summed E-state index contributed by atoms with van der Waals surface area (Å²) in [4.78, 5) is 1.95. The molecule has 0 saturated heterocycles. The standard InChI is InChI=1S/C12H15FN2/c1-9(2)8-15(3)12-5-10(7-14)4-11(13)6-12/h4-6,9H,8H2,1-3H3. The molecule has 0 atom stereocenters. The smallest absolute Gasteiger partial charge is 0.126 e. The van der Waals surface area contributed by atoms with Crippen LogP contribution in [0.3, 0.4) is 0 Å². The summed E-state index contributed by atoms with van der Waals surface area (Å²) in [6.45, 7) is 5.04. The van der Waals surface area contributed by atoms with Crippen LogP contribution < -0.4 is 4.90 Å². The van der Waals surface area contributed by atoms with Crippen LogP contribution >= 0.6 is 0 Å². The third-order valence-electron chi connectivity index (χ3n) is 2.09. The van der Waals surface area contributed by atoms with Crippen LogP contribution in [0.2, 0.25) is 0 Å². The zero-order valence-electron chi connectivity index (χ0n) is 9.29. The highest BCUT2D eigenvalue weighted by Crippen LogP contribution is 2.18. The fourth-order valence-electron chi connectivity index (χ4n) is 1.51. The number of nitriles is 1. The molecule has 0 saturated carbocycles. The fraction of sp³-hybridized carbons (Fsp3) is 0.417. The molecule has 2 nitrogen and oxygen atoms in total. The third-order valence-corrected chi connectivity index (χ3v) is 2.09. The highest BCUT2D eigenvalue weighted by Gasteiger charge is 2.06. The Morgan fingerprint density at radius 1 is 1.40 bits per heavy atom. The van der Waals surface area contributed by atoms with Gasteiger partial charge >= 0.3 is 0 Å². The van der Waals surface area contributed by atoms with Crippen molar-refractivity contribution in [3.8, 4) is 6.07 Å². The Morgan fingerprint density at radius 3 is 2.60 bits per heavy atom. The minimum atomic E-state index is -0.361. The molecule has 1 aromatic carbocycles. The molecule has 0 aromatic heterocycles. The summed E-state index contributed by atoms with van der Waals surface area (Å²) >= 11 is 0. The lowest BCUT2D eigenvalue weighted by Gasteiger charge is -2.21. The van der Waals surface area contributed by atoms with Crippen LogP contribution in [0.1, 0.15) is 19.4 Å². The molecule has 0 aliphatic carbocycles. The van der Waals surface area contributed by atoms with Crippen LogP contribution in [0.4, 0.5) is 10.1 Å². The van der Waals surface area contributed by atoms with Gasteiger partial charge in [-0.15, -0.1) is 0 Å². The van der Waals surface area contributed by atoms with Crippen molar-refractivity contribution in [1.82, 2.24) is 0 Å². The maximum atomic E-state index is 13.1. The molecule has 3 heteroatoms. The normalized spacial score (nSPS) is 10.1. The van der Waals surface area contributed by atoms with E-state index in [2.05, 4.69) is 13.8 Å². The molecule has 15 heavy (non-hydrogen) atoms. The van der Waals surface area contributed by atoms with E-state index in [1.165, 1.54) is 12.1 Å². The number of halogens is 1. The Bertz CT molecular complexity index is 380. The molecule has 0 unspecified atom stereocenters. The summed E-state index contributed by atoms with van der Waals surface area (Å²) in [6.07, 6.45) is 0. The van der Waals surface area contributed by atoms with E-state index in [9.17, 15) is 4.39 Å². The Balaban J connectivity index is 2.94. The van der Waals surface area contributed by atoms with Gasteiger partial charge in [0.15, 0.2) is 0 Å². The molecule has 0 heterocycles. The van der Waals surface area contributed by atoms with Crippen molar-refractivity contribution in [2.75, 3.05) is 18.5 Å². The Hall–Kier alpha value is -1.56. The van der Waals surface area contributed by atoms with Crippen molar-refractivity contribution in [3.63, 3.8) is 0 Å². The molecule has 0 aliphatic rings. The van der Waals surface area contributed by atoms with E-state index in [-0.39, 0.29) is 5.82 Å². The van der Waals surface area contributed by atoms with Gasteiger partial charge in [0.05, 0.1) is 11.6 Å². The quantitative estimate of drug-likeness (QED) is 0.760. The second-order valence-corrected chi connectivity index (χ2v) is 4.08. The first-order valence-corrected chi connectivity index (χ1v) is 4.94. The van der Waals surface area contributed by atoms with E-state index < -0.39 is 0 Å². The topological polar surface area (TPSA) is 27.0 Å². The summed E-state index contributed by atoms with van der Waals surface area (Å²) < 4.78 is 13.1. The van der Waals surface area contributed by atoms with Gasteiger partial charge in [0, 0.05) is 19.3 Å². The van der Waals surface area contributed by atoms with Crippen LogP contribution in [-0.4, -0.2) is 13.6 Å². The van der Waals surface area contributed by atoms with Gasteiger partial charge in [0.25, 0.3) is 0 Å². The zero-order chi connectivity index (χ0) is 11.4. The van der Waals surface area contributed by atoms with Crippen molar-refractivity contribution in [2.24, 2.45) is 5.92 Å². The number of hydrogen-bond donors (Lipinski definition) is 0. The van der Waals surface area contributed by atoms with E-state index in [0.29, 0.717) is 11.5 Å². The molecule has 0 aliphatic heterocycles. The predicted molar refractivity (Wildman–Crippen MR) is 59.2 cm³/mol. The second-order valence-electron chi connectivity index (χ2n) is 4.08. The van der Waals surface area contributed by atoms with Crippen molar-refractivity contribution in [3.05, 3.63) is 29.6 Å². The van der Waals surface area contributed by atoms with E-state index in [0.717, 1.165) is 12.2 Å². The Kier molecular flexibility index (Phi) is 3.68. The summed E-state index contributed by atoms with van der Waals surface area (Å²) in [5.74, 6) is 0.142. The van der Waals surface area contributed by atoms with E-state index in [4.69, 9.17) is 5.26 Å². The lowest BCUT2D eigenvalue weighted by molar-refractivity contribution is 0.619. The van der Waals surface area contributed by atoms with Crippen LogP contribution in [0.15, 0.2) is 18.2 Å². The van der Waals surface area contributed by atoms with E-state index >= 15 is 0 Å². The molecular formula is C12H15FN2. The minimum Gasteiger partial charge on any atom is -0.374 e. The molecule has 0 bridgehead atoms. The molecule has 1 aromatic rings. The van der Waals surface area contributed by atoms with Gasteiger partial charge in [0.2, 0.25) is 0 Å². The highest BCUT2D eigenvalue weighted by atomic mass is 19.1. The van der Waals surface area contributed by atoms with Gasteiger partial charge in [-0.05, 0) is 24.1 Å². The van der Waals surface area contributed by atoms with Crippen molar-refractivity contribution in [2.45, 2.75) is 13.8 Å².